The van der Waals surface area contributed by atoms with E-state index in [2.05, 4.69) is 60.8 Å². The molecule has 158 valence electrons. The molecular formula is C23H34N4O2. The Bertz CT molecular complexity index is 745. The van der Waals surface area contributed by atoms with E-state index in [1.807, 2.05) is 24.3 Å². The van der Waals surface area contributed by atoms with Crippen LogP contribution in [-0.2, 0) is 17.8 Å². The molecule has 0 saturated carbocycles. The lowest BCUT2D eigenvalue weighted by Gasteiger charge is -2.13. The van der Waals surface area contributed by atoms with Gasteiger partial charge in [0.05, 0.1) is 13.2 Å². The Hall–Kier alpha value is -2.57. The lowest BCUT2D eigenvalue weighted by atomic mass is 10.1. The van der Waals surface area contributed by atoms with Crippen LogP contribution >= 0.6 is 0 Å². The summed E-state index contributed by atoms with van der Waals surface area (Å²) >= 11 is 0. The van der Waals surface area contributed by atoms with Gasteiger partial charge in [-0.2, -0.15) is 0 Å². The average Bonchev–Trinajstić information content (AvgIpc) is 2.71. The first-order valence-electron chi connectivity index (χ1n) is 10.1. The smallest absolute Gasteiger partial charge is 0.196 e. The summed E-state index contributed by atoms with van der Waals surface area (Å²) < 4.78 is 10.8. The van der Waals surface area contributed by atoms with Crippen LogP contribution in [0, 0.1) is 0 Å². The van der Waals surface area contributed by atoms with Gasteiger partial charge in [0.2, 0.25) is 0 Å². The molecule has 2 rings (SSSR count). The number of ether oxygens (including phenoxy) is 2. The van der Waals surface area contributed by atoms with E-state index in [0.717, 1.165) is 36.9 Å². The molecule has 0 spiro atoms. The third-order valence-electron chi connectivity index (χ3n) is 4.14. The molecule has 0 atom stereocenters. The van der Waals surface area contributed by atoms with E-state index in [1.54, 1.807) is 7.11 Å². The van der Waals surface area contributed by atoms with Gasteiger partial charge in [0.25, 0.3) is 0 Å². The van der Waals surface area contributed by atoms with E-state index in [-0.39, 0.29) is 0 Å². The van der Waals surface area contributed by atoms with Crippen LogP contribution in [0.3, 0.4) is 0 Å². The third-order valence-corrected chi connectivity index (χ3v) is 4.14. The number of hydrogen-bond donors (Lipinski definition) is 2. The zero-order valence-electron chi connectivity index (χ0n) is 18.1. The van der Waals surface area contributed by atoms with Gasteiger partial charge in [0.15, 0.2) is 5.96 Å². The van der Waals surface area contributed by atoms with Gasteiger partial charge in [-0.15, -0.1) is 0 Å². The average molecular weight is 399 g/mol. The quantitative estimate of drug-likeness (QED) is 0.343. The normalized spacial score (nSPS) is 11.6. The summed E-state index contributed by atoms with van der Waals surface area (Å²) in [6, 6.07) is 16.5. The van der Waals surface area contributed by atoms with Gasteiger partial charge in [-0.25, -0.2) is 4.99 Å². The zero-order chi connectivity index (χ0) is 20.9. The van der Waals surface area contributed by atoms with E-state index in [4.69, 9.17) is 14.5 Å². The van der Waals surface area contributed by atoms with Crippen molar-refractivity contribution in [2.24, 2.45) is 4.99 Å². The van der Waals surface area contributed by atoms with Gasteiger partial charge < -0.3 is 25.0 Å². The van der Waals surface area contributed by atoms with Crippen LogP contribution in [0.4, 0.5) is 5.69 Å². The Morgan fingerprint density at radius 1 is 1.03 bits per heavy atom. The molecule has 0 saturated heterocycles. The van der Waals surface area contributed by atoms with Gasteiger partial charge in [0.1, 0.15) is 5.75 Å². The van der Waals surface area contributed by atoms with Gasteiger partial charge in [-0.3, -0.25) is 0 Å². The molecule has 0 aliphatic carbocycles. The standard InChI is InChI=1S/C23H34N4O2/c1-5-24-23(25-17-19-10-12-20(13-11-19)18-27(2)3)26-21-8-6-9-22(16-21)29-15-7-14-28-4/h6,8-13,16H,5,7,14-15,17-18H2,1-4H3,(H2,24,25,26). The maximum Gasteiger partial charge on any atom is 0.196 e. The zero-order valence-corrected chi connectivity index (χ0v) is 18.1. The van der Waals surface area contributed by atoms with Crippen LogP contribution in [0.15, 0.2) is 53.5 Å². The predicted molar refractivity (Wildman–Crippen MR) is 121 cm³/mol. The molecule has 2 N–H and O–H groups in total. The lowest BCUT2D eigenvalue weighted by Crippen LogP contribution is -2.30. The Kier molecular flexibility index (Phi) is 10.0. The minimum atomic E-state index is 0.616. The van der Waals surface area contributed by atoms with Crippen molar-refractivity contribution in [2.75, 3.05) is 46.3 Å². The van der Waals surface area contributed by atoms with Crippen LogP contribution < -0.4 is 15.4 Å². The lowest BCUT2D eigenvalue weighted by molar-refractivity contribution is 0.172. The van der Waals surface area contributed by atoms with Gasteiger partial charge in [-0.1, -0.05) is 30.3 Å². The highest BCUT2D eigenvalue weighted by molar-refractivity contribution is 5.93. The number of aliphatic imine (C=N–C) groups is 1. The predicted octanol–water partition coefficient (Wildman–Crippen LogP) is 3.74. The number of anilines is 1. The van der Waals surface area contributed by atoms with Crippen LogP contribution in [0.2, 0.25) is 0 Å². The van der Waals surface area contributed by atoms with Crippen molar-refractivity contribution < 1.29 is 9.47 Å². The molecule has 0 aliphatic rings. The molecule has 0 unspecified atom stereocenters. The summed E-state index contributed by atoms with van der Waals surface area (Å²) in [6.45, 7) is 5.74. The van der Waals surface area contributed by atoms with E-state index in [1.165, 1.54) is 11.1 Å². The van der Waals surface area contributed by atoms with E-state index >= 15 is 0 Å². The second-order valence-corrected chi connectivity index (χ2v) is 7.10. The van der Waals surface area contributed by atoms with Gasteiger partial charge in [0, 0.05) is 45.0 Å². The molecule has 29 heavy (non-hydrogen) atoms. The molecule has 0 radical (unpaired) electrons. The number of guanidine groups is 1. The molecule has 2 aromatic rings. The summed E-state index contributed by atoms with van der Waals surface area (Å²) in [7, 11) is 5.85. The van der Waals surface area contributed by atoms with Crippen LogP contribution in [0.1, 0.15) is 24.5 Å². The Morgan fingerprint density at radius 2 is 1.79 bits per heavy atom. The fourth-order valence-electron chi connectivity index (χ4n) is 2.79. The van der Waals surface area contributed by atoms with Crippen molar-refractivity contribution in [1.29, 1.82) is 0 Å². The second kappa shape index (κ2) is 12.8. The number of benzene rings is 2. The summed E-state index contributed by atoms with van der Waals surface area (Å²) in [6.07, 6.45) is 0.867. The molecule has 0 aromatic heterocycles. The van der Waals surface area contributed by atoms with Crippen LogP contribution in [-0.4, -0.2) is 51.8 Å². The molecule has 0 aliphatic heterocycles. The summed E-state index contributed by atoms with van der Waals surface area (Å²) in [5, 5.41) is 6.65. The first-order valence-corrected chi connectivity index (χ1v) is 10.1. The summed E-state index contributed by atoms with van der Waals surface area (Å²) in [4.78, 5) is 6.87. The first kappa shape index (κ1) is 22.7. The number of rotatable bonds is 11. The second-order valence-electron chi connectivity index (χ2n) is 7.10. The molecular weight excluding hydrogens is 364 g/mol. The first-order chi connectivity index (χ1) is 14.1. The van der Waals surface area contributed by atoms with Crippen molar-refractivity contribution in [3.8, 4) is 5.75 Å². The highest BCUT2D eigenvalue weighted by Gasteiger charge is 2.02. The minimum Gasteiger partial charge on any atom is -0.493 e. The summed E-state index contributed by atoms with van der Waals surface area (Å²) in [5.41, 5.74) is 3.42. The molecule has 2 aromatic carbocycles. The van der Waals surface area contributed by atoms with E-state index in [9.17, 15) is 0 Å². The third kappa shape index (κ3) is 8.98. The number of methoxy groups -OCH3 is 1. The highest BCUT2D eigenvalue weighted by atomic mass is 16.5. The van der Waals surface area contributed by atoms with Crippen molar-refractivity contribution in [2.45, 2.75) is 26.4 Å². The monoisotopic (exact) mass is 398 g/mol. The maximum atomic E-state index is 5.77. The van der Waals surface area contributed by atoms with Crippen molar-refractivity contribution >= 4 is 11.6 Å². The highest BCUT2D eigenvalue weighted by Crippen LogP contribution is 2.17. The Balaban J connectivity index is 1.96. The van der Waals surface area contributed by atoms with Gasteiger partial charge >= 0.3 is 0 Å². The number of nitrogens with one attached hydrogen (secondary N) is 2. The SMILES string of the molecule is CCNC(=NCc1ccc(CN(C)C)cc1)Nc1cccc(OCCCOC)c1. The molecule has 0 bridgehead atoms. The fraction of sp³-hybridized carbons (Fsp3) is 0.435. The van der Waals surface area contributed by atoms with Crippen molar-refractivity contribution in [3.63, 3.8) is 0 Å². The molecule has 0 heterocycles. The van der Waals surface area contributed by atoms with Crippen LogP contribution in [0.25, 0.3) is 0 Å². The minimum absolute atomic E-state index is 0.616. The molecule has 0 amide bonds. The maximum absolute atomic E-state index is 5.77. The summed E-state index contributed by atoms with van der Waals surface area (Å²) in [5.74, 6) is 1.58. The van der Waals surface area contributed by atoms with Gasteiger partial charge in [-0.05, 0) is 44.3 Å². The van der Waals surface area contributed by atoms with E-state index in [0.29, 0.717) is 19.8 Å². The van der Waals surface area contributed by atoms with E-state index < -0.39 is 0 Å². The fourth-order valence-corrected chi connectivity index (χ4v) is 2.79. The molecule has 0 fully saturated rings. The number of hydrogen-bond acceptors (Lipinski definition) is 4. The van der Waals surface area contributed by atoms with Crippen LogP contribution in [0.5, 0.6) is 5.75 Å². The Labute approximate surface area is 174 Å². The van der Waals surface area contributed by atoms with Crippen molar-refractivity contribution in [1.82, 2.24) is 10.2 Å². The molecule has 6 nitrogen and oxygen atoms in total. The largest absolute Gasteiger partial charge is 0.493 e. The topological polar surface area (TPSA) is 58.1 Å². The van der Waals surface area contributed by atoms with Crippen molar-refractivity contribution in [3.05, 3.63) is 59.7 Å². The number of nitrogens with zero attached hydrogens (tertiary/aromatic N) is 2. The Morgan fingerprint density at radius 3 is 2.48 bits per heavy atom. The molecule has 6 heteroatoms.